The van der Waals surface area contributed by atoms with E-state index in [0.29, 0.717) is 6.54 Å². The average Bonchev–Trinajstić information content (AvgIpc) is 2.87. The van der Waals surface area contributed by atoms with Gasteiger partial charge in [-0.05, 0) is 43.7 Å². The van der Waals surface area contributed by atoms with Gasteiger partial charge in [0.2, 0.25) is 0 Å². The number of carboxylic acid groups (broad SMARTS) is 1. The van der Waals surface area contributed by atoms with Gasteiger partial charge in [0.15, 0.2) is 0 Å². The minimum absolute atomic E-state index is 0.0726. The molecule has 112 valence electrons. The fourth-order valence-electron chi connectivity index (χ4n) is 2.03. The van der Waals surface area contributed by atoms with Crippen LogP contribution in [0.3, 0.4) is 0 Å². The molecule has 0 fully saturated rings. The summed E-state index contributed by atoms with van der Waals surface area (Å²) < 4.78 is 1.07. The topological polar surface area (TPSA) is 40.5 Å². The summed E-state index contributed by atoms with van der Waals surface area (Å²) in [6.45, 7) is 4.78. The van der Waals surface area contributed by atoms with Crippen molar-refractivity contribution >= 4 is 33.2 Å². The Morgan fingerprint density at radius 2 is 1.90 bits per heavy atom. The molecule has 0 aliphatic rings. The Bertz CT molecular complexity index is 607. The number of rotatable bonds is 6. The quantitative estimate of drug-likeness (QED) is 0.818. The Kier molecular flexibility index (Phi) is 5.56. The molecule has 0 amide bonds. The highest BCUT2D eigenvalue weighted by molar-refractivity contribution is 9.10. The molecular weight excluding hydrogens is 350 g/mol. The average molecular weight is 368 g/mol. The number of halogens is 1. The van der Waals surface area contributed by atoms with Crippen molar-refractivity contribution in [3.63, 3.8) is 0 Å². The molecule has 0 aliphatic carbocycles. The van der Waals surface area contributed by atoms with Crippen LogP contribution in [0.5, 0.6) is 0 Å². The fraction of sp³-hybridized carbons (Fsp3) is 0.312. The monoisotopic (exact) mass is 367 g/mol. The normalized spacial score (nSPS) is 11.3. The van der Waals surface area contributed by atoms with E-state index in [0.717, 1.165) is 4.47 Å². The molecule has 0 saturated heterocycles. The van der Waals surface area contributed by atoms with Crippen LogP contribution in [-0.2, 0) is 11.3 Å². The summed E-state index contributed by atoms with van der Waals surface area (Å²) in [7, 11) is 0. The number of benzene rings is 1. The Morgan fingerprint density at radius 3 is 2.48 bits per heavy atom. The van der Waals surface area contributed by atoms with Gasteiger partial charge in [-0.3, -0.25) is 9.69 Å². The van der Waals surface area contributed by atoms with Crippen molar-refractivity contribution in [3.8, 4) is 10.4 Å². The number of hydrogen-bond acceptors (Lipinski definition) is 3. The van der Waals surface area contributed by atoms with Crippen molar-refractivity contribution in [1.29, 1.82) is 0 Å². The van der Waals surface area contributed by atoms with E-state index in [4.69, 9.17) is 5.11 Å². The van der Waals surface area contributed by atoms with Gasteiger partial charge in [-0.1, -0.05) is 28.1 Å². The highest BCUT2D eigenvalue weighted by Gasteiger charge is 2.15. The van der Waals surface area contributed by atoms with E-state index in [1.54, 1.807) is 11.3 Å². The Morgan fingerprint density at radius 1 is 1.24 bits per heavy atom. The van der Waals surface area contributed by atoms with Crippen LogP contribution in [0, 0.1) is 0 Å². The van der Waals surface area contributed by atoms with Crippen LogP contribution in [-0.4, -0.2) is 28.6 Å². The molecule has 2 aromatic rings. The lowest BCUT2D eigenvalue weighted by molar-refractivity contribution is -0.138. The zero-order valence-corrected chi connectivity index (χ0v) is 14.4. The van der Waals surface area contributed by atoms with Crippen molar-refractivity contribution in [2.24, 2.45) is 0 Å². The van der Waals surface area contributed by atoms with Crippen LogP contribution in [0.1, 0.15) is 18.7 Å². The van der Waals surface area contributed by atoms with E-state index < -0.39 is 5.97 Å². The number of nitrogens with zero attached hydrogens (tertiary/aromatic N) is 1. The third kappa shape index (κ3) is 4.66. The first kappa shape index (κ1) is 16.2. The molecule has 0 unspecified atom stereocenters. The molecule has 2 rings (SSSR count). The smallest absolute Gasteiger partial charge is 0.317 e. The zero-order valence-electron chi connectivity index (χ0n) is 12.0. The van der Waals surface area contributed by atoms with Gasteiger partial charge in [0.05, 0.1) is 6.54 Å². The van der Waals surface area contributed by atoms with Crippen molar-refractivity contribution < 1.29 is 9.90 Å². The highest BCUT2D eigenvalue weighted by Crippen LogP contribution is 2.30. The lowest BCUT2D eigenvalue weighted by Gasteiger charge is -2.23. The highest BCUT2D eigenvalue weighted by atomic mass is 79.9. The van der Waals surface area contributed by atoms with Gasteiger partial charge in [-0.25, -0.2) is 0 Å². The van der Waals surface area contributed by atoms with Crippen molar-refractivity contribution in [2.75, 3.05) is 6.54 Å². The Labute approximate surface area is 137 Å². The molecule has 0 aliphatic heterocycles. The van der Waals surface area contributed by atoms with E-state index in [1.807, 2.05) is 30.9 Å². The molecular formula is C16H18BrNO2S. The van der Waals surface area contributed by atoms with Gasteiger partial charge in [-0.2, -0.15) is 0 Å². The summed E-state index contributed by atoms with van der Waals surface area (Å²) >= 11 is 5.15. The van der Waals surface area contributed by atoms with Gasteiger partial charge < -0.3 is 5.11 Å². The van der Waals surface area contributed by atoms with E-state index in [1.165, 1.54) is 15.3 Å². The summed E-state index contributed by atoms with van der Waals surface area (Å²) in [6, 6.07) is 12.6. The molecule has 3 nitrogen and oxygen atoms in total. The number of aliphatic carboxylic acids is 1. The molecule has 5 heteroatoms. The maximum absolute atomic E-state index is 10.9. The summed E-state index contributed by atoms with van der Waals surface area (Å²) in [5, 5.41) is 8.98. The summed E-state index contributed by atoms with van der Waals surface area (Å²) in [6.07, 6.45) is 0. The van der Waals surface area contributed by atoms with E-state index in [2.05, 4.69) is 40.2 Å². The molecule has 0 atom stereocenters. The molecule has 1 aromatic carbocycles. The first-order valence-electron chi connectivity index (χ1n) is 6.76. The maximum Gasteiger partial charge on any atom is 0.317 e. The molecule has 0 spiro atoms. The predicted octanol–water partition coefficient (Wildman–Crippen LogP) is 4.47. The third-order valence-electron chi connectivity index (χ3n) is 3.22. The second-order valence-corrected chi connectivity index (χ2v) is 7.25. The first-order chi connectivity index (χ1) is 9.95. The van der Waals surface area contributed by atoms with Gasteiger partial charge >= 0.3 is 5.97 Å². The summed E-state index contributed by atoms with van der Waals surface area (Å²) in [5.74, 6) is -0.784. The van der Waals surface area contributed by atoms with Crippen LogP contribution in [0.15, 0.2) is 40.9 Å². The van der Waals surface area contributed by atoms with Crippen LogP contribution in [0.25, 0.3) is 10.4 Å². The van der Waals surface area contributed by atoms with E-state index in [9.17, 15) is 4.79 Å². The van der Waals surface area contributed by atoms with Crippen LogP contribution < -0.4 is 0 Å². The Balaban J connectivity index is 2.11. The molecule has 1 aromatic heterocycles. The molecule has 0 saturated carbocycles. The standard InChI is InChI=1S/C16H18BrNO2S/c1-11(2)18(10-16(19)20)9-14-7-8-15(21-14)12-3-5-13(17)6-4-12/h3-8,11H,9-10H2,1-2H3,(H,19,20). The van der Waals surface area contributed by atoms with Crippen LogP contribution in [0.2, 0.25) is 0 Å². The molecule has 0 bridgehead atoms. The lowest BCUT2D eigenvalue weighted by atomic mass is 10.2. The SMILES string of the molecule is CC(C)N(CC(=O)O)Cc1ccc(-c2ccc(Br)cc2)s1. The third-order valence-corrected chi connectivity index (χ3v) is 4.87. The molecule has 1 N–H and O–H groups in total. The second kappa shape index (κ2) is 7.20. The predicted molar refractivity (Wildman–Crippen MR) is 90.6 cm³/mol. The van der Waals surface area contributed by atoms with Gasteiger partial charge in [0, 0.05) is 26.8 Å². The molecule has 21 heavy (non-hydrogen) atoms. The Hall–Kier alpha value is -1.17. The van der Waals surface area contributed by atoms with Crippen molar-refractivity contribution in [2.45, 2.75) is 26.4 Å². The largest absolute Gasteiger partial charge is 0.480 e. The zero-order chi connectivity index (χ0) is 15.4. The number of hydrogen-bond donors (Lipinski definition) is 1. The minimum atomic E-state index is -0.784. The fourth-order valence-corrected chi connectivity index (χ4v) is 3.33. The van der Waals surface area contributed by atoms with Gasteiger partial charge in [0.1, 0.15) is 0 Å². The lowest BCUT2D eigenvalue weighted by Crippen LogP contribution is -2.34. The number of carbonyl (C=O) groups is 1. The number of thiophene rings is 1. The number of carboxylic acids is 1. The first-order valence-corrected chi connectivity index (χ1v) is 8.37. The van der Waals surface area contributed by atoms with Crippen molar-refractivity contribution in [3.05, 3.63) is 45.7 Å². The van der Waals surface area contributed by atoms with Gasteiger partial charge in [-0.15, -0.1) is 11.3 Å². The van der Waals surface area contributed by atoms with Crippen LogP contribution in [0.4, 0.5) is 0 Å². The summed E-state index contributed by atoms with van der Waals surface area (Å²) in [5.41, 5.74) is 1.18. The van der Waals surface area contributed by atoms with E-state index >= 15 is 0 Å². The second-order valence-electron chi connectivity index (χ2n) is 5.17. The van der Waals surface area contributed by atoms with Crippen molar-refractivity contribution in [1.82, 2.24) is 4.90 Å². The van der Waals surface area contributed by atoms with E-state index in [-0.39, 0.29) is 12.6 Å². The van der Waals surface area contributed by atoms with Crippen LogP contribution >= 0.6 is 27.3 Å². The maximum atomic E-state index is 10.9. The van der Waals surface area contributed by atoms with Gasteiger partial charge in [0.25, 0.3) is 0 Å². The molecule has 1 heterocycles. The molecule has 0 radical (unpaired) electrons. The minimum Gasteiger partial charge on any atom is -0.480 e. The summed E-state index contributed by atoms with van der Waals surface area (Å²) in [4.78, 5) is 15.3.